The first-order valence-corrected chi connectivity index (χ1v) is 4.82. The van der Waals surface area contributed by atoms with Gasteiger partial charge in [0.15, 0.2) is 0 Å². The van der Waals surface area contributed by atoms with E-state index >= 15 is 0 Å². The Labute approximate surface area is 93.6 Å². The summed E-state index contributed by atoms with van der Waals surface area (Å²) in [6.45, 7) is 1.96. The molecule has 0 aliphatic carbocycles. The molecule has 2 heterocycles. The van der Waals surface area contributed by atoms with Gasteiger partial charge in [-0.25, -0.2) is 0 Å². The number of pyridine rings is 2. The van der Waals surface area contributed by atoms with Gasteiger partial charge in [0.2, 0.25) is 0 Å². The summed E-state index contributed by atoms with van der Waals surface area (Å²) in [4.78, 5) is 8.05. The summed E-state index contributed by atoms with van der Waals surface area (Å²) in [5.74, 6) is 0. The zero-order chi connectivity index (χ0) is 11.4. The molecule has 0 radical (unpaired) electrons. The summed E-state index contributed by atoms with van der Waals surface area (Å²) < 4.78 is 0. The lowest BCUT2D eigenvalue weighted by Crippen LogP contribution is -1.95. The zero-order valence-corrected chi connectivity index (χ0v) is 8.81. The van der Waals surface area contributed by atoms with Gasteiger partial charge in [0.1, 0.15) is 6.07 Å². The van der Waals surface area contributed by atoms with Crippen LogP contribution in [0, 0.1) is 18.3 Å². The second kappa shape index (κ2) is 4.41. The Morgan fingerprint density at radius 1 is 1.25 bits per heavy atom. The molecular formula is C12H10N4. The minimum absolute atomic E-state index is 0.566. The lowest BCUT2D eigenvalue weighted by molar-refractivity contribution is 1.25. The van der Waals surface area contributed by atoms with E-state index in [2.05, 4.69) is 21.4 Å². The average molecular weight is 210 g/mol. The molecule has 0 aromatic carbocycles. The summed E-state index contributed by atoms with van der Waals surface area (Å²) in [5.41, 5.74) is 3.17. The first-order chi connectivity index (χ1) is 7.79. The first kappa shape index (κ1) is 10.1. The van der Waals surface area contributed by atoms with Crippen molar-refractivity contribution < 1.29 is 0 Å². The number of rotatable bonds is 2. The molecule has 0 aliphatic rings. The van der Waals surface area contributed by atoms with Crippen LogP contribution in [0.25, 0.3) is 0 Å². The minimum atomic E-state index is 0.566. The smallest absolute Gasteiger partial charge is 0.101 e. The molecule has 0 spiro atoms. The van der Waals surface area contributed by atoms with Crippen molar-refractivity contribution in [1.82, 2.24) is 9.97 Å². The second-order valence-electron chi connectivity index (χ2n) is 3.41. The SMILES string of the molecule is Cc1cncc(Nc2cnccc2C#N)c1. The zero-order valence-electron chi connectivity index (χ0n) is 8.81. The molecule has 0 bridgehead atoms. The van der Waals surface area contributed by atoms with Crippen molar-refractivity contribution in [3.05, 3.63) is 48.0 Å². The maximum Gasteiger partial charge on any atom is 0.101 e. The van der Waals surface area contributed by atoms with E-state index in [9.17, 15) is 0 Å². The van der Waals surface area contributed by atoms with Crippen LogP contribution in [0.4, 0.5) is 11.4 Å². The van der Waals surface area contributed by atoms with Crippen molar-refractivity contribution in [1.29, 1.82) is 5.26 Å². The van der Waals surface area contributed by atoms with E-state index in [1.165, 1.54) is 0 Å². The number of nitrogens with one attached hydrogen (secondary N) is 1. The fourth-order valence-electron chi connectivity index (χ4n) is 1.37. The maximum absolute atomic E-state index is 8.92. The van der Waals surface area contributed by atoms with E-state index in [0.29, 0.717) is 11.3 Å². The standard InChI is InChI=1S/C12H10N4/c1-9-4-11(7-15-6-9)16-12-8-14-3-2-10(12)5-13/h2-4,6-8,16H,1H3. The van der Waals surface area contributed by atoms with Crippen LogP contribution in [-0.4, -0.2) is 9.97 Å². The Morgan fingerprint density at radius 3 is 2.88 bits per heavy atom. The fourth-order valence-corrected chi connectivity index (χ4v) is 1.37. The highest BCUT2D eigenvalue weighted by Gasteiger charge is 2.01. The molecule has 2 rings (SSSR count). The number of anilines is 2. The molecule has 16 heavy (non-hydrogen) atoms. The number of hydrogen-bond acceptors (Lipinski definition) is 4. The molecule has 2 aromatic rings. The third-order valence-corrected chi connectivity index (χ3v) is 2.10. The Morgan fingerprint density at radius 2 is 2.12 bits per heavy atom. The van der Waals surface area contributed by atoms with Crippen LogP contribution in [0.2, 0.25) is 0 Å². The van der Waals surface area contributed by atoms with Gasteiger partial charge in [-0.2, -0.15) is 5.26 Å². The van der Waals surface area contributed by atoms with Gasteiger partial charge in [-0.15, -0.1) is 0 Å². The van der Waals surface area contributed by atoms with E-state index in [4.69, 9.17) is 5.26 Å². The molecule has 0 atom stereocenters. The normalized spacial score (nSPS) is 9.50. The predicted octanol–water partition coefficient (Wildman–Crippen LogP) is 2.40. The monoisotopic (exact) mass is 210 g/mol. The van der Waals surface area contributed by atoms with Crippen LogP contribution in [0.5, 0.6) is 0 Å². The minimum Gasteiger partial charge on any atom is -0.352 e. The number of nitriles is 1. The molecule has 4 heteroatoms. The molecule has 0 aliphatic heterocycles. The molecule has 0 unspecified atom stereocenters. The van der Waals surface area contributed by atoms with Crippen molar-refractivity contribution in [3.8, 4) is 6.07 Å². The summed E-state index contributed by atoms with van der Waals surface area (Å²) >= 11 is 0. The molecule has 4 nitrogen and oxygen atoms in total. The number of aryl methyl sites for hydroxylation is 1. The first-order valence-electron chi connectivity index (χ1n) is 4.82. The van der Waals surface area contributed by atoms with Crippen molar-refractivity contribution in [2.75, 3.05) is 5.32 Å². The Bertz CT molecular complexity index is 543. The van der Waals surface area contributed by atoms with Gasteiger partial charge in [0.25, 0.3) is 0 Å². The van der Waals surface area contributed by atoms with E-state index in [1.54, 1.807) is 30.9 Å². The lowest BCUT2D eigenvalue weighted by atomic mass is 10.2. The molecule has 2 aromatic heterocycles. The number of nitrogens with zero attached hydrogens (tertiary/aromatic N) is 3. The van der Waals surface area contributed by atoms with Crippen LogP contribution >= 0.6 is 0 Å². The van der Waals surface area contributed by atoms with Crippen LogP contribution < -0.4 is 5.32 Å². The second-order valence-corrected chi connectivity index (χ2v) is 3.41. The van der Waals surface area contributed by atoms with Gasteiger partial charge in [-0.3, -0.25) is 9.97 Å². The van der Waals surface area contributed by atoms with Gasteiger partial charge in [0.05, 0.1) is 29.3 Å². The largest absolute Gasteiger partial charge is 0.352 e. The van der Waals surface area contributed by atoms with E-state index in [1.807, 2.05) is 13.0 Å². The van der Waals surface area contributed by atoms with Crippen molar-refractivity contribution in [2.24, 2.45) is 0 Å². The van der Waals surface area contributed by atoms with E-state index < -0.39 is 0 Å². The lowest BCUT2D eigenvalue weighted by Gasteiger charge is -2.07. The van der Waals surface area contributed by atoms with Crippen molar-refractivity contribution in [3.63, 3.8) is 0 Å². The Hall–Kier alpha value is -2.41. The highest BCUT2D eigenvalue weighted by molar-refractivity contribution is 5.64. The van der Waals surface area contributed by atoms with Gasteiger partial charge in [-0.05, 0) is 24.6 Å². The van der Waals surface area contributed by atoms with Crippen molar-refractivity contribution in [2.45, 2.75) is 6.92 Å². The molecule has 78 valence electrons. The molecule has 0 fully saturated rings. The van der Waals surface area contributed by atoms with Gasteiger partial charge >= 0.3 is 0 Å². The Balaban J connectivity index is 2.31. The summed E-state index contributed by atoms with van der Waals surface area (Å²) in [6, 6.07) is 5.74. The van der Waals surface area contributed by atoms with Crippen LogP contribution in [0.1, 0.15) is 11.1 Å². The third-order valence-electron chi connectivity index (χ3n) is 2.10. The van der Waals surface area contributed by atoms with Gasteiger partial charge in [-0.1, -0.05) is 0 Å². The topological polar surface area (TPSA) is 61.6 Å². The van der Waals surface area contributed by atoms with Gasteiger partial charge < -0.3 is 5.32 Å². The summed E-state index contributed by atoms with van der Waals surface area (Å²) in [7, 11) is 0. The van der Waals surface area contributed by atoms with Crippen LogP contribution in [0.3, 0.4) is 0 Å². The Kier molecular flexibility index (Phi) is 2.79. The molecule has 0 saturated heterocycles. The number of hydrogen-bond donors (Lipinski definition) is 1. The van der Waals surface area contributed by atoms with Crippen LogP contribution in [0.15, 0.2) is 36.9 Å². The van der Waals surface area contributed by atoms with Gasteiger partial charge in [0, 0.05) is 12.4 Å². The van der Waals surface area contributed by atoms with Crippen molar-refractivity contribution >= 4 is 11.4 Å². The summed E-state index contributed by atoms with van der Waals surface area (Å²) in [5, 5.41) is 12.0. The van der Waals surface area contributed by atoms with Crippen LogP contribution in [-0.2, 0) is 0 Å². The molecule has 1 N–H and O–H groups in total. The van der Waals surface area contributed by atoms with E-state index in [0.717, 1.165) is 11.3 Å². The highest BCUT2D eigenvalue weighted by Crippen LogP contribution is 2.18. The van der Waals surface area contributed by atoms with E-state index in [-0.39, 0.29) is 0 Å². The predicted molar refractivity (Wildman–Crippen MR) is 61.2 cm³/mol. The fraction of sp³-hybridized carbons (Fsp3) is 0.0833. The average Bonchev–Trinajstić information content (AvgIpc) is 2.30. The maximum atomic E-state index is 8.92. The third kappa shape index (κ3) is 2.15. The molecular weight excluding hydrogens is 200 g/mol. The summed E-state index contributed by atoms with van der Waals surface area (Å²) in [6.07, 6.45) is 6.71. The number of aromatic nitrogens is 2. The molecule has 0 amide bonds. The quantitative estimate of drug-likeness (QED) is 0.826. The molecule has 0 saturated carbocycles. The highest BCUT2D eigenvalue weighted by atomic mass is 14.9.